The molecule has 0 N–H and O–H groups in total. The van der Waals surface area contributed by atoms with Crippen LogP contribution in [0.15, 0.2) is 30.3 Å². The van der Waals surface area contributed by atoms with E-state index in [1.54, 1.807) is 0 Å². The highest BCUT2D eigenvalue weighted by Gasteiger charge is 2.50. The molecule has 2 bridgehead atoms. The van der Waals surface area contributed by atoms with E-state index in [0.29, 0.717) is 24.9 Å². The molecule has 0 heterocycles. The summed E-state index contributed by atoms with van der Waals surface area (Å²) >= 11 is 0. The monoisotopic (exact) mass is 288 g/mol. The van der Waals surface area contributed by atoms with E-state index >= 15 is 0 Å². The molecule has 1 aromatic rings. The van der Waals surface area contributed by atoms with Crippen molar-refractivity contribution in [1.82, 2.24) is 0 Å². The second kappa shape index (κ2) is 6.61. The first-order valence-corrected chi connectivity index (χ1v) is 8.13. The van der Waals surface area contributed by atoms with Crippen molar-refractivity contribution in [3.05, 3.63) is 35.9 Å². The van der Waals surface area contributed by atoms with E-state index in [2.05, 4.69) is 12.1 Å². The summed E-state index contributed by atoms with van der Waals surface area (Å²) in [5, 5.41) is 0. The number of benzene rings is 1. The van der Waals surface area contributed by atoms with Gasteiger partial charge in [0.1, 0.15) is 6.10 Å². The lowest BCUT2D eigenvalue weighted by atomic mass is 9.98. The SMILES string of the molecule is CCCC(=O)O[C@H]1C[C@H]2CC[C@@H]1C2OCc1ccccc1. The van der Waals surface area contributed by atoms with Gasteiger partial charge in [-0.05, 0) is 37.2 Å². The van der Waals surface area contributed by atoms with Gasteiger partial charge < -0.3 is 9.47 Å². The largest absolute Gasteiger partial charge is 0.462 e. The Morgan fingerprint density at radius 2 is 2.05 bits per heavy atom. The van der Waals surface area contributed by atoms with Gasteiger partial charge >= 0.3 is 5.97 Å². The van der Waals surface area contributed by atoms with Gasteiger partial charge in [0, 0.05) is 12.3 Å². The Morgan fingerprint density at radius 3 is 2.81 bits per heavy atom. The zero-order chi connectivity index (χ0) is 14.7. The highest BCUT2D eigenvalue weighted by molar-refractivity contribution is 5.69. The Hall–Kier alpha value is -1.35. The number of esters is 1. The molecule has 1 unspecified atom stereocenters. The number of hydrogen-bond donors (Lipinski definition) is 0. The Kier molecular flexibility index (Phi) is 4.59. The summed E-state index contributed by atoms with van der Waals surface area (Å²) in [7, 11) is 0. The van der Waals surface area contributed by atoms with Crippen LogP contribution in [0.2, 0.25) is 0 Å². The number of carbonyl (C=O) groups excluding carboxylic acids is 1. The topological polar surface area (TPSA) is 35.5 Å². The standard InChI is InChI=1S/C18H24O3/c1-2-6-17(19)21-16-11-14-9-10-15(16)18(14)20-12-13-7-4-3-5-8-13/h3-5,7-8,14-16,18H,2,6,9-12H2,1H3/t14-,15+,16+,18?/m1/s1. The summed E-state index contributed by atoms with van der Waals surface area (Å²) in [5.41, 5.74) is 1.21. The fourth-order valence-corrected chi connectivity index (χ4v) is 3.80. The average molecular weight is 288 g/mol. The Balaban J connectivity index is 1.54. The molecule has 0 radical (unpaired) electrons. The Bertz CT molecular complexity index is 471. The van der Waals surface area contributed by atoms with E-state index in [-0.39, 0.29) is 18.2 Å². The van der Waals surface area contributed by atoms with Crippen molar-refractivity contribution in [1.29, 1.82) is 0 Å². The average Bonchev–Trinajstić information content (AvgIpc) is 3.03. The van der Waals surface area contributed by atoms with Crippen molar-refractivity contribution in [2.75, 3.05) is 0 Å². The van der Waals surface area contributed by atoms with Gasteiger partial charge in [0.25, 0.3) is 0 Å². The molecular formula is C18H24O3. The van der Waals surface area contributed by atoms with Crippen LogP contribution in [0.1, 0.15) is 44.6 Å². The van der Waals surface area contributed by atoms with Crippen molar-refractivity contribution >= 4 is 5.97 Å². The molecule has 4 atom stereocenters. The first-order chi connectivity index (χ1) is 10.3. The highest BCUT2D eigenvalue weighted by Crippen LogP contribution is 2.48. The van der Waals surface area contributed by atoms with Crippen molar-refractivity contribution in [3.8, 4) is 0 Å². The van der Waals surface area contributed by atoms with Crippen molar-refractivity contribution in [2.45, 2.75) is 57.8 Å². The number of hydrogen-bond acceptors (Lipinski definition) is 3. The summed E-state index contributed by atoms with van der Waals surface area (Å²) in [6.07, 6.45) is 5.07. The van der Waals surface area contributed by atoms with E-state index < -0.39 is 0 Å². The van der Waals surface area contributed by atoms with Gasteiger partial charge in [-0.3, -0.25) is 4.79 Å². The minimum atomic E-state index is -0.0446. The van der Waals surface area contributed by atoms with E-state index in [4.69, 9.17) is 9.47 Å². The van der Waals surface area contributed by atoms with Crippen LogP contribution < -0.4 is 0 Å². The molecule has 21 heavy (non-hydrogen) atoms. The molecule has 2 aliphatic rings. The van der Waals surface area contributed by atoms with Crippen LogP contribution >= 0.6 is 0 Å². The molecular weight excluding hydrogens is 264 g/mol. The number of ether oxygens (including phenoxy) is 2. The van der Waals surface area contributed by atoms with Gasteiger partial charge in [0.15, 0.2) is 0 Å². The molecule has 0 amide bonds. The first kappa shape index (κ1) is 14.6. The fraction of sp³-hybridized carbons (Fsp3) is 0.611. The molecule has 0 aromatic heterocycles. The predicted octanol–water partition coefficient (Wildman–Crippen LogP) is 3.71. The maximum absolute atomic E-state index is 11.7. The normalized spacial score (nSPS) is 30.5. The lowest BCUT2D eigenvalue weighted by Crippen LogP contribution is -2.27. The van der Waals surface area contributed by atoms with Gasteiger partial charge in [0.2, 0.25) is 0 Å². The second-order valence-electron chi connectivity index (χ2n) is 6.28. The molecule has 2 fully saturated rings. The minimum absolute atomic E-state index is 0.0446. The number of fused-ring (bicyclic) bond motifs is 2. The smallest absolute Gasteiger partial charge is 0.306 e. The zero-order valence-corrected chi connectivity index (χ0v) is 12.7. The summed E-state index contributed by atoms with van der Waals surface area (Å²) in [6.45, 7) is 2.67. The van der Waals surface area contributed by atoms with E-state index in [9.17, 15) is 4.79 Å². The first-order valence-electron chi connectivity index (χ1n) is 8.13. The van der Waals surface area contributed by atoms with Crippen LogP contribution in [0.25, 0.3) is 0 Å². The van der Waals surface area contributed by atoms with Gasteiger partial charge in [-0.2, -0.15) is 0 Å². The van der Waals surface area contributed by atoms with Gasteiger partial charge in [-0.25, -0.2) is 0 Å². The second-order valence-corrected chi connectivity index (χ2v) is 6.28. The molecule has 0 aliphatic heterocycles. The van der Waals surface area contributed by atoms with E-state index in [1.807, 2.05) is 25.1 Å². The summed E-state index contributed by atoms with van der Waals surface area (Å²) in [6, 6.07) is 10.3. The zero-order valence-electron chi connectivity index (χ0n) is 12.7. The van der Waals surface area contributed by atoms with Crippen LogP contribution in [-0.4, -0.2) is 18.2 Å². The van der Waals surface area contributed by atoms with Gasteiger partial charge in [-0.1, -0.05) is 37.3 Å². The molecule has 3 rings (SSSR count). The maximum atomic E-state index is 11.7. The van der Waals surface area contributed by atoms with E-state index in [0.717, 1.165) is 19.3 Å². The summed E-state index contributed by atoms with van der Waals surface area (Å²) in [4.78, 5) is 11.7. The summed E-state index contributed by atoms with van der Waals surface area (Å²) in [5.74, 6) is 0.925. The molecule has 0 saturated heterocycles. The molecule has 114 valence electrons. The quantitative estimate of drug-likeness (QED) is 0.748. The maximum Gasteiger partial charge on any atom is 0.306 e. The third-order valence-corrected chi connectivity index (χ3v) is 4.79. The molecule has 1 aromatic carbocycles. The predicted molar refractivity (Wildman–Crippen MR) is 80.6 cm³/mol. The molecule has 2 aliphatic carbocycles. The fourth-order valence-electron chi connectivity index (χ4n) is 3.80. The van der Waals surface area contributed by atoms with Gasteiger partial charge in [0.05, 0.1) is 12.7 Å². The van der Waals surface area contributed by atoms with E-state index in [1.165, 1.54) is 12.0 Å². The number of carbonyl (C=O) groups is 1. The molecule has 3 nitrogen and oxygen atoms in total. The minimum Gasteiger partial charge on any atom is -0.462 e. The van der Waals surface area contributed by atoms with Gasteiger partial charge in [-0.15, -0.1) is 0 Å². The Morgan fingerprint density at radius 1 is 1.24 bits per heavy atom. The van der Waals surface area contributed by atoms with Crippen LogP contribution in [0.4, 0.5) is 0 Å². The van der Waals surface area contributed by atoms with Crippen LogP contribution in [-0.2, 0) is 20.9 Å². The van der Waals surface area contributed by atoms with Crippen molar-refractivity contribution in [3.63, 3.8) is 0 Å². The third-order valence-electron chi connectivity index (χ3n) is 4.79. The summed E-state index contributed by atoms with van der Waals surface area (Å²) < 4.78 is 11.8. The van der Waals surface area contributed by atoms with Crippen LogP contribution in [0.5, 0.6) is 0 Å². The lowest BCUT2D eigenvalue weighted by Gasteiger charge is -2.22. The van der Waals surface area contributed by atoms with Crippen LogP contribution in [0.3, 0.4) is 0 Å². The van der Waals surface area contributed by atoms with Crippen molar-refractivity contribution in [2.24, 2.45) is 11.8 Å². The lowest BCUT2D eigenvalue weighted by molar-refractivity contribution is -0.152. The Labute approximate surface area is 126 Å². The highest BCUT2D eigenvalue weighted by atomic mass is 16.5. The molecule has 2 saturated carbocycles. The van der Waals surface area contributed by atoms with Crippen molar-refractivity contribution < 1.29 is 14.3 Å². The third kappa shape index (κ3) is 3.29. The number of rotatable bonds is 6. The molecule has 0 spiro atoms. The van der Waals surface area contributed by atoms with Crippen LogP contribution in [0, 0.1) is 11.8 Å². The molecule has 3 heteroatoms.